The summed E-state index contributed by atoms with van der Waals surface area (Å²) >= 11 is 1.37. The Balaban J connectivity index is 1.90. The van der Waals surface area contributed by atoms with Crippen LogP contribution in [0.2, 0.25) is 0 Å². The number of rotatable bonds is 5. The first-order chi connectivity index (χ1) is 10.5. The number of carbonyl (C=O) groups excluding carboxylic acids is 1. The molecule has 0 spiro atoms. The fourth-order valence-corrected chi connectivity index (χ4v) is 2.79. The summed E-state index contributed by atoms with van der Waals surface area (Å²) in [6, 6.07) is 9.92. The molecule has 0 aliphatic carbocycles. The maximum Gasteiger partial charge on any atom is 0.230 e. The fraction of sp³-hybridized carbons (Fsp3) is 0.353. The van der Waals surface area contributed by atoms with Crippen LogP contribution in [0, 0.1) is 20.8 Å². The average molecular weight is 315 g/mol. The number of benzene rings is 1. The van der Waals surface area contributed by atoms with E-state index in [1.54, 1.807) is 0 Å². The van der Waals surface area contributed by atoms with Gasteiger partial charge in [0.25, 0.3) is 0 Å². The molecule has 22 heavy (non-hydrogen) atoms. The lowest BCUT2D eigenvalue weighted by Gasteiger charge is -2.14. The van der Waals surface area contributed by atoms with Gasteiger partial charge in [-0.15, -0.1) is 0 Å². The van der Waals surface area contributed by atoms with Crippen molar-refractivity contribution in [2.24, 2.45) is 0 Å². The summed E-state index contributed by atoms with van der Waals surface area (Å²) in [5, 5.41) is 3.65. The Kier molecular flexibility index (Phi) is 5.55. The number of aryl methyl sites for hydroxylation is 2. The molecule has 0 bridgehead atoms. The molecule has 5 heteroatoms. The van der Waals surface area contributed by atoms with Crippen molar-refractivity contribution < 1.29 is 4.79 Å². The molecule has 1 atom stereocenters. The number of hydrogen-bond acceptors (Lipinski definition) is 4. The quantitative estimate of drug-likeness (QED) is 0.679. The predicted octanol–water partition coefficient (Wildman–Crippen LogP) is 3.37. The minimum absolute atomic E-state index is 0.00305. The van der Waals surface area contributed by atoms with Gasteiger partial charge in [-0.25, -0.2) is 9.97 Å². The summed E-state index contributed by atoms with van der Waals surface area (Å²) < 4.78 is 0. The third kappa shape index (κ3) is 4.31. The molecular weight excluding hydrogens is 294 g/mol. The number of thioether (sulfide) groups is 1. The molecule has 1 amide bonds. The Hall–Kier alpha value is -1.88. The topological polar surface area (TPSA) is 54.9 Å². The number of carbonyl (C=O) groups is 1. The van der Waals surface area contributed by atoms with Crippen LogP contribution < -0.4 is 5.32 Å². The summed E-state index contributed by atoms with van der Waals surface area (Å²) in [7, 11) is 0. The first kappa shape index (κ1) is 16.5. The molecule has 0 aliphatic heterocycles. The Bertz CT molecular complexity index is 635. The summed E-state index contributed by atoms with van der Waals surface area (Å²) in [5.41, 5.74) is 4.13. The molecule has 0 saturated carbocycles. The molecule has 1 heterocycles. The van der Waals surface area contributed by atoms with Crippen molar-refractivity contribution in [2.75, 3.05) is 5.75 Å². The zero-order valence-corrected chi connectivity index (χ0v) is 14.2. The second-order valence-electron chi connectivity index (χ2n) is 5.29. The lowest BCUT2D eigenvalue weighted by Crippen LogP contribution is -2.28. The van der Waals surface area contributed by atoms with Crippen LogP contribution in [0.1, 0.15) is 35.5 Å². The lowest BCUT2D eigenvalue weighted by molar-refractivity contribution is -0.119. The van der Waals surface area contributed by atoms with E-state index < -0.39 is 0 Å². The Morgan fingerprint density at radius 2 is 1.73 bits per heavy atom. The first-order valence-electron chi connectivity index (χ1n) is 7.26. The van der Waals surface area contributed by atoms with Crippen LogP contribution in [0.4, 0.5) is 0 Å². The van der Waals surface area contributed by atoms with Crippen molar-refractivity contribution in [2.45, 2.75) is 38.9 Å². The van der Waals surface area contributed by atoms with Crippen LogP contribution in [0.5, 0.6) is 0 Å². The molecule has 2 rings (SSSR count). The van der Waals surface area contributed by atoms with E-state index in [2.05, 4.69) is 15.3 Å². The molecule has 1 aromatic carbocycles. The second kappa shape index (κ2) is 7.40. The molecule has 0 radical (unpaired) electrons. The maximum absolute atomic E-state index is 12.0. The van der Waals surface area contributed by atoms with E-state index in [9.17, 15) is 4.79 Å². The van der Waals surface area contributed by atoms with Crippen molar-refractivity contribution in [3.63, 3.8) is 0 Å². The SMILES string of the molecule is Cc1nc(SCC(=O)NC(C)c2ccccc2)nc(C)c1C. The van der Waals surface area contributed by atoms with Gasteiger partial charge in [0.1, 0.15) is 0 Å². The molecule has 0 saturated heterocycles. The molecule has 1 N–H and O–H groups in total. The number of amides is 1. The standard InChI is InChI=1S/C17H21N3OS/c1-11-12(2)19-17(20-13(11)3)22-10-16(21)18-14(4)15-8-6-5-7-9-15/h5-9,14H,10H2,1-4H3,(H,18,21). The van der Waals surface area contributed by atoms with Crippen molar-refractivity contribution in [1.29, 1.82) is 0 Å². The molecule has 2 aromatic rings. The van der Waals surface area contributed by atoms with Crippen molar-refractivity contribution in [3.05, 3.63) is 52.8 Å². The highest BCUT2D eigenvalue weighted by Crippen LogP contribution is 2.17. The maximum atomic E-state index is 12.0. The van der Waals surface area contributed by atoms with Crippen LogP contribution in [-0.4, -0.2) is 21.6 Å². The highest BCUT2D eigenvalue weighted by Gasteiger charge is 2.11. The van der Waals surface area contributed by atoms with Crippen LogP contribution in [0.3, 0.4) is 0 Å². The molecule has 1 unspecified atom stereocenters. The normalized spacial score (nSPS) is 12.0. The number of nitrogens with one attached hydrogen (secondary N) is 1. The average Bonchev–Trinajstić information content (AvgIpc) is 2.51. The van der Waals surface area contributed by atoms with E-state index in [0.717, 1.165) is 22.5 Å². The van der Waals surface area contributed by atoms with Crippen molar-refractivity contribution in [1.82, 2.24) is 15.3 Å². The third-order valence-electron chi connectivity index (χ3n) is 3.62. The van der Waals surface area contributed by atoms with E-state index >= 15 is 0 Å². The van der Waals surface area contributed by atoms with E-state index in [1.807, 2.05) is 58.0 Å². The van der Waals surface area contributed by atoms with Gasteiger partial charge < -0.3 is 5.32 Å². The smallest absolute Gasteiger partial charge is 0.230 e. The van der Waals surface area contributed by atoms with Crippen LogP contribution >= 0.6 is 11.8 Å². The zero-order chi connectivity index (χ0) is 16.1. The first-order valence-corrected chi connectivity index (χ1v) is 8.25. The van der Waals surface area contributed by atoms with Crippen molar-refractivity contribution >= 4 is 17.7 Å². The van der Waals surface area contributed by atoms with Gasteiger partial charge in [-0.05, 0) is 38.8 Å². The van der Waals surface area contributed by atoms with Gasteiger partial charge in [0, 0.05) is 11.4 Å². The monoisotopic (exact) mass is 315 g/mol. The molecular formula is C17H21N3OS. The number of nitrogens with zero attached hydrogens (tertiary/aromatic N) is 2. The second-order valence-corrected chi connectivity index (χ2v) is 6.23. The predicted molar refractivity (Wildman–Crippen MR) is 90.0 cm³/mol. The minimum Gasteiger partial charge on any atom is -0.349 e. The fourth-order valence-electron chi connectivity index (χ4n) is 2.04. The largest absolute Gasteiger partial charge is 0.349 e. The number of aromatic nitrogens is 2. The highest BCUT2D eigenvalue weighted by atomic mass is 32.2. The third-order valence-corrected chi connectivity index (χ3v) is 4.47. The van der Waals surface area contributed by atoms with Gasteiger partial charge >= 0.3 is 0 Å². The van der Waals surface area contributed by atoms with Crippen LogP contribution in [0.25, 0.3) is 0 Å². The van der Waals surface area contributed by atoms with Gasteiger partial charge in [-0.1, -0.05) is 42.1 Å². The van der Waals surface area contributed by atoms with E-state index in [1.165, 1.54) is 11.8 Å². The summed E-state index contributed by atoms with van der Waals surface area (Å²) in [5.74, 6) is 0.305. The molecule has 0 aliphatic rings. The lowest BCUT2D eigenvalue weighted by atomic mass is 10.1. The Morgan fingerprint density at radius 1 is 1.14 bits per heavy atom. The van der Waals surface area contributed by atoms with Gasteiger partial charge in [-0.3, -0.25) is 4.79 Å². The van der Waals surface area contributed by atoms with E-state index in [-0.39, 0.29) is 11.9 Å². The van der Waals surface area contributed by atoms with Crippen LogP contribution in [0.15, 0.2) is 35.5 Å². The summed E-state index contributed by atoms with van der Waals surface area (Å²) in [4.78, 5) is 20.9. The molecule has 0 fully saturated rings. The van der Waals surface area contributed by atoms with Gasteiger partial charge in [0.15, 0.2) is 5.16 Å². The highest BCUT2D eigenvalue weighted by molar-refractivity contribution is 7.99. The summed E-state index contributed by atoms with van der Waals surface area (Å²) in [6.45, 7) is 7.92. The van der Waals surface area contributed by atoms with Gasteiger partial charge in [0.2, 0.25) is 5.91 Å². The molecule has 116 valence electrons. The Labute approximate surface area is 135 Å². The zero-order valence-electron chi connectivity index (χ0n) is 13.4. The van der Waals surface area contributed by atoms with E-state index in [0.29, 0.717) is 10.9 Å². The van der Waals surface area contributed by atoms with Gasteiger partial charge in [-0.2, -0.15) is 0 Å². The summed E-state index contributed by atoms with van der Waals surface area (Å²) in [6.07, 6.45) is 0. The number of hydrogen-bond donors (Lipinski definition) is 1. The Morgan fingerprint density at radius 3 is 2.32 bits per heavy atom. The van der Waals surface area contributed by atoms with Crippen LogP contribution in [-0.2, 0) is 4.79 Å². The molecule has 1 aromatic heterocycles. The van der Waals surface area contributed by atoms with Crippen molar-refractivity contribution in [3.8, 4) is 0 Å². The molecule has 4 nitrogen and oxygen atoms in total. The minimum atomic E-state index is -0.0131. The van der Waals surface area contributed by atoms with Gasteiger partial charge in [0.05, 0.1) is 11.8 Å². The van der Waals surface area contributed by atoms with E-state index in [4.69, 9.17) is 0 Å².